The average Bonchev–Trinajstić information content (AvgIpc) is 3.08. The van der Waals surface area contributed by atoms with Crippen molar-refractivity contribution in [2.75, 3.05) is 19.5 Å². The van der Waals surface area contributed by atoms with E-state index in [-0.39, 0.29) is 22.1 Å². The van der Waals surface area contributed by atoms with Gasteiger partial charge in [-0.3, -0.25) is 20.2 Å². The first-order valence-corrected chi connectivity index (χ1v) is 9.03. The van der Waals surface area contributed by atoms with Crippen LogP contribution in [0.4, 0.5) is 10.8 Å². The molecule has 0 bridgehead atoms. The van der Waals surface area contributed by atoms with Crippen LogP contribution in [0, 0.1) is 10.1 Å². The fourth-order valence-corrected chi connectivity index (χ4v) is 3.52. The van der Waals surface area contributed by atoms with Gasteiger partial charge in [-0.1, -0.05) is 11.3 Å². The number of amides is 1. The predicted octanol–water partition coefficient (Wildman–Crippen LogP) is 3.35. The number of nitrogens with one attached hydrogen (secondary N) is 2. The third kappa shape index (κ3) is 4.15. The van der Waals surface area contributed by atoms with Crippen LogP contribution in [0.1, 0.15) is 10.4 Å². The van der Waals surface area contributed by atoms with Gasteiger partial charge in [0.15, 0.2) is 16.0 Å². The van der Waals surface area contributed by atoms with Crippen molar-refractivity contribution in [3.8, 4) is 11.5 Å². The normalized spacial score (nSPS) is 10.4. The number of benzene rings is 2. The number of thiazole rings is 1. The Hall–Kier alpha value is -3.31. The van der Waals surface area contributed by atoms with E-state index in [0.29, 0.717) is 10.9 Å². The number of nitrogens with zero attached hydrogens (tertiary/aromatic N) is 2. The topological polar surface area (TPSA) is 116 Å². The number of anilines is 1. The van der Waals surface area contributed by atoms with Gasteiger partial charge >= 0.3 is 5.69 Å². The summed E-state index contributed by atoms with van der Waals surface area (Å²) in [5, 5.41) is 16.9. The van der Waals surface area contributed by atoms with Crippen LogP contribution >= 0.6 is 23.6 Å². The molecule has 0 radical (unpaired) electrons. The van der Waals surface area contributed by atoms with E-state index in [1.807, 2.05) is 12.1 Å². The number of ether oxygens (including phenoxy) is 2. The SMILES string of the molecule is COc1ccc2nc(NC(=S)NC(=O)c3ccc(OC)c([N+](=O)[O-])c3)sc2c1. The van der Waals surface area contributed by atoms with E-state index in [0.717, 1.165) is 16.3 Å². The fourth-order valence-electron chi connectivity index (χ4n) is 2.36. The molecule has 144 valence electrons. The number of hydrogen-bond acceptors (Lipinski definition) is 8. The third-order valence-electron chi connectivity index (χ3n) is 3.68. The van der Waals surface area contributed by atoms with Crippen molar-refractivity contribution in [3.63, 3.8) is 0 Å². The maximum Gasteiger partial charge on any atom is 0.311 e. The standard InChI is InChI=1S/C17H14N4O5S2/c1-25-10-4-5-11-14(8-10)28-17(18-11)20-16(27)19-15(22)9-3-6-13(26-2)12(7-9)21(23)24/h3-8H,1-2H3,(H2,18,19,20,22,27). The molecule has 11 heteroatoms. The minimum absolute atomic E-state index is 0.0227. The fraction of sp³-hybridized carbons (Fsp3) is 0.118. The van der Waals surface area contributed by atoms with Crippen LogP contribution in [-0.4, -0.2) is 35.1 Å². The van der Waals surface area contributed by atoms with E-state index in [9.17, 15) is 14.9 Å². The Morgan fingerprint density at radius 3 is 2.68 bits per heavy atom. The molecular weight excluding hydrogens is 404 g/mol. The van der Waals surface area contributed by atoms with Gasteiger partial charge < -0.3 is 14.8 Å². The molecule has 9 nitrogen and oxygen atoms in total. The zero-order valence-corrected chi connectivity index (χ0v) is 16.3. The van der Waals surface area contributed by atoms with Crippen LogP contribution in [0.25, 0.3) is 10.2 Å². The molecule has 3 aromatic rings. The molecule has 0 saturated carbocycles. The van der Waals surface area contributed by atoms with Gasteiger partial charge in [0.05, 0.1) is 29.4 Å². The van der Waals surface area contributed by atoms with Crippen molar-refractivity contribution in [2.45, 2.75) is 0 Å². The van der Waals surface area contributed by atoms with Crippen LogP contribution in [0.2, 0.25) is 0 Å². The van der Waals surface area contributed by atoms with Gasteiger partial charge in [-0.2, -0.15) is 0 Å². The quantitative estimate of drug-likeness (QED) is 0.368. The summed E-state index contributed by atoms with van der Waals surface area (Å²) in [5.74, 6) is 0.179. The lowest BCUT2D eigenvalue weighted by Gasteiger charge is -2.08. The van der Waals surface area contributed by atoms with Gasteiger partial charge in [-0.25, -0.2) is 4.98 Å². The minimum Gasteiger partial charge on any atom is -0.497 e. The summed E-state index contributed by atoms with van der Waals surface area (Å²) >= 11 is 6.48. The molecule has 0 aliphatic carbocycles. The zero-order valence-electron chi connectivity index (χ0n) is 14.7. The molecule has 0 aliphatic heterocycles. The Morgan fingerprint density at radius 1 is 1.21 bits per heavy atom. The Morgan fingerprint density at radius 2 is 2.00 bits per heavy atom. The lowest BCUT2D eigenvalue weighted by Crippen LogP contribution is -2.34. The lowest BCUT2D eigenvalue weighted by atomic mass is 10.2. The molecule has 2 aromatic carbocycles. The molecule has 1 aromatic heterocycles. The molecule has 0 spiro atoms. The first-order valence-electron chi connectivity index (χ1n) is 7.80. The molecule has 0 fully saturated rings. The molecule has 3 rings (SSSR count). The van der Waals surface area contributed by atoms with Gasteiger partial charge in [0.25, 0.3) is 5.91 Å². The number of rotatable bonds is 5. The Labute approximate surface area is 168 Å². The Balaban J connectivity index is 1.71. The first-order chi connectivity index (χ1) is 13.4. The molecule has 0 saturated heterocycles. The monoisotopic (exact) mass is 418 g/mol. The van der Waals surface area contributed by atoms with Gasteiger partial charge in [-0.05, 0) is 42.5 Å². The van der Waals surface area contributed by atoms with Crippen molar-refractivity contribution in [2.24, 2.45) is 0 Å². The van der Waals surface area contributed by atoms with Crippen LogP contribution in [0.15, 0.2) is 36.4 Å². The highest BCUT2D eigenvalue weighted by Gasteiger charge is 2.19. The smallest absolute Gasteiger partial charge is 0.311 e. The van der Waals surface area contributed by atoms with Crippen molar-refractivity contribution in [1.82, 2.24) is 10.3 Å². The molecular formula is C17H14N4O5S2. The largest absolute Gasteiger partial charge is 0.497 e. The van der Waals surface area contributed by atoms with Gasteiger partial charge in [-0.15, -0.1) is 0 Å². The summed E-state index contributed by atoms with van der Waals surface area (Å²) < 4.78 is 11.0. The molecule has 0 atom stereocenters. The predicted molar refractivity (Wildman–Crippen MR) is 110 cm³/mol. The molecule has 0 aliphatic rings. The number of hydrogen-bond donors (Lipinski definition) is 2. The summed E-state index contributed by atoms with van der Waals surface area (Å²) in [7, 11) is 2.89. The average molecular weight is 418 g/mol. The molecule has 1 amide bonds. The van der Waals surface area contributed by atoms with Crippen LogP contribution < -0.4 is 20.1 Å². The van der Waals surface area contributed by atoms with E-state index in [4.69, 9.17) is 21.7 Å². The van der Waals surface area contributed by atoms with Crippen molar-refractivity contribution in [1.29, 1.82) is 0 Å². The van der Waals surface area contributed by atoms with Gasteiger partial charge in [0.1, 0.15) is 5.75 Å². The van der Waals surface area contributed by atoms with Crippen LogP contribution in [0.3, 0.4) is 0 Å². The van der Waals surface area contributed by atoms with E-state index in [2.05, 4.69) is 15.6 Å². The Bertz CT molecular complexity index is 1080. The Kier molecular flexibility index (Phi) is 5.66. The van der Waals surface area contributed by atoms with E-state index in [1.165, 1.54) is 30.6 Å². The molecule has 0 unspecified atom stereocenters. The van der Waals surface area contributed by atoms with Crippen molar-refractivity contribution >= 4 is 55.6 Å². The highest BCUT2D eigenvalue weighted by Crippen LogP contribution is 2.29. The zero-order chi connectivity index (χ0) is 20.3. The summed E-state index contributed by atoms with van der Waals surface area (Å²) in [5.41, 5.74) is 0.521. The minimum atomic E-state index is -0.623. The van der Waals surface area contributed by atoms with Crippen molar-refractivity contribution < 1.29 is 19.2 Å². The number of fused-ring (bicyclic) bond motifs is 1. The summed E-state index contributed by atoms with van der Waals surface area (Å²) in [6.45, 7) is 0. The number of thiocarbonyl (C=S) groups is 1. The number of carbonyl (C=O) groups excluding carboxylic acids is 1. The van der Waals surface area contributed by atoms with Crippen molar-refractivity contribution in [3.05, 3.63) is 52.1 Å². The summed E-state index contributed by atoms with van der Waals surface area (Å²) in [4.78, 5) is 27.2. The number of methoxy groups -OCH3 is 2. The second-order valence-electron chi connectivity index (χ2n) is 5.40. The molecule has 1 heterocycles. The summed E-state index contributed by atoms with van der Waals surface area (Å²) in [6.07, 6.45) is 0. The highest BCUT2D eigenvalue weighted by atomic mass is 32.1. The molecule has 28 heavy (non-hydrogen) atoms. The lowest BCUT2D eigenvalue weighted by molar-refractivity contribution is -0.385. The first kappa shape index (κ1) is 19.5. The van der Waals surface area contributed by atoms with E-state index >= 15 is 0 Å². The third-order valence-corrected chi connectivity index (χ3v) is 4.82. The van der Waals surface area contributed by atoms with E-state index in [1.54, 1.807) is 13.2 Å². The van der Waals surface area contributed by atoms with Gasteiger partial charge in [0, 0.05) is 11.6 Å². The van der Waals surface area contributed by atoms with Crippen LogP contribution in [0.5, 0.6) is 11.5 Å². The second-order valence-corrected chi connectivity index (χ2v) is 6.84. The number of nitro benzene ring substituents is 1. The molecule has 2 N–H and O–H groups in total. The number of nitro groups is 1. The highest BCUT2D eigenvalue weighted by molar-refractivity contribution is 7.80. The summed E-state index contributed by atoms with van der Waals surface area (Å²) in [6, 6.07) is 9.34. The maximum absolute atomic E-state index is 12.3. The second kappa shape index (κ2) is 8.15. The number of carbonyl (C=O) groups is 1. The maximum atomic E-state index is 12.3. The van der Waals surface area contributed by atoms with Gasteiger partial charge in [0.2, 0.25) is 0 Å². The van der Waals surface area contributed by atoms with E-state index < -0.39 is 10.8 Å². The van der Waals surface area contributed by atoms with Crippen LogP contribution in [-0.2, 0) is 0 Å². The number of aromatic nitrogens is 1.